The van der Waals surface area contributed by atoms with Crippen LogP contribution in [0.15, 0.2) is 82.5 Å². The molecule has 1 aliphatic heterocycles. The molecule has 47 heavy (non-hydrogen) atoms. The number of rotatable bonds is 3. The van der Waals surface area contributed by atoms with Crippen molar-refractivity contribution in [3.05, 3.63) is 93.6 Å². The van der Waals surface area contributed by atoms with Gasteiger partial charge in [-0.15, -0.1) is 0 Å². The average molecular weight is 625 g/mol. The molecule has 1 nitrogen and oxygen atoms in total. The number of allylic oxidation sites excluding steroid dienone is 12. The van der Waals surface area contributed by atoms with E-state index in [4.69, 9.17) is 4.74 Å². The molecule has 246 valence electrons. The molecule has 9 atom stereocenters. The third-order valence-corrected chi connectivity index (χ3v) is 14.9. The highest BCUT2D eigenvalue weighted by atomic mass is 16.5. The second-order valence-electron chi connectivity index (χ2n) is 17.1. The molecule has 0 bridgehead atoms. The molecule has 1 aromatic carbocycles. The Balaban J connectivity index is 1.09. The highest BCUT2D eigenvalue weighted by molar-refractivity contribution is 5.80. The Labute approximate surface area is 284 Å². The first-order valence-electron chi connectivity index (χ1n) is 20.4. The number of ether oxygens (including phenoxy) is 1. The number of hydrogen-bond acceptors (Lipinski definition) is 1. The molecule has 0 saturated heterocycles. The zero-order chi connectivity index (χ0) is 30.9. The standard InChI is InChI=1S/C46H56O/c1-2-14-29(15-3-1)32-24-12-26-40-45-39(25-13-27-42(45)47-46(32)40)43-35-20-8-10-22-37(35)44(38-23-11-9-21-36(38)43)41-28-30-16-4-5-17-31(30)33-18-6-7-19-34(33)41/h2,8,12,14-15,20,24,26,28,33-34,36-39,42,44-45H,1,3-7,9-11,13,16-19,21-23,25,27H2. The smallest absolute Gasteiger partial charge is 0.131 e. The summed E-state index contributed by atoms with van der Waals surface area (Å²) in [6.45, 7) is 0. The molecule has 0 radical (unpaired) electrons. The van der Waals surface area contributed by atoms with Crippen LogP contribution in [-0.4, -0.2) is 6.10 Å². The molecule has 3 fully saturated rings. The summed E-state index contributed by atoms with van der Waals surface area (Å²) < 4.78 is 7.08. The van der Waals surface area contributed by atoms with Crippen LogP contribution in [0.4, 0.5) is 0 Å². The van der Waals surface area contributed by atoms with Crippen LogP contribution in [0.2, 0.25) is 0 Å². The molecule has 0 N–H and O–H groups in total. The van der Waals surface area contributed by atoms with Crippen LogP contribution in [0.3, 0.4) is 0 Å². The van der Waals surface area contributed by atoms with Gasteiger partial charge in [0.1, 0.15) is 11.9 Å². The zero-order valence-corrected chi connectivity index (χ0v) is 28.7. The maximum Gasteiger partial charge on any atom is 0.131 e. The Kier molecular flexibility index (Phi) is 7.57. The predicted molar refractivity (Wildman–Crippen MR) is 194 cm³/mol. The van der Waals surface area contributed by atoms with E-state index in [0.29, 0.717) is 17.9 Å². The van der Waals surface area contributed by atoms with Crippen molar-refractivity contribution in [1.29, 1.82) is 0 Å². The van der Waals surface area contributed by atoms with Crippen LogP contribution < -0.4 is 4.74 Å². The Morgan fingerprint density at radius 2 is 1.45 bits per heavy atom. The maximum absolute atomic E-state index is 7.08. The van der Waals surface area contributed by atoms with E-state index in [2.05, 4.69) is 54.7 Å². The lowest BCUT2D eigenvalue weighted by atomic mass is 9.50. The first-order valence-corrected chi connectivity index (χ1v) is 20.4. The summed E-state index contributed by atoms with van der Waals surface area (Å²) in [5, 5.41) is 0. The van der Waals surface area contributed by atoms with Crippen LogP contribution in [-0.2, 0) is 0 Å². The third kappa shape index (κ3) is 4.75. The monoisotopic (exact) mass is 624 g/mol. The normalized spacial score (nSPS) is 39.0. The van der Waals surface area contributed by atoms with Gasteiger partial charge in [0.15, 0.2) is 0 Å². The van der Waals surface area contributed by atoms with E-state index in [-0.39, 0.29) is 0 Å². The molecular weight excluding hydrogens is 569 g/mol. The van der Waals surface area contributed by atoms with Gasteiger partial charge in [-0.1, -0.05) is 97.1 Å². The molecule has 3 saturated carbocycles. The van der Waals surface area contributed by atoms with E-state index >= 15 is 0 Å². The van der Waals surface area contributed by atoms with Crippen molar-refractivity contribution >= 4 is 5.57 Å². The first kappa shape index (κ1) is 29.4. The predicted octanol–water partition coefficient (Wildman–Crippen LogP) is 12.4. The summed E-state index contributed by atoms with van der Waals surface area (Å²) in [7, 11) is 0. The van der Waals surface area contributed by atoms with Gasteiger partial charge in [-0.2, -0.15) is 0 Å². The van der Waals surface area contributed by atoms with Crippen LogP contribution in [0, 0.1) is 41.4 Å². The van der Waals surface area contributed by atoms with E-state index < -0.39 is 0 Å². The van der Waals surface area contributed by atoms with Crippen molar-refractivity contribution in [3.63, 3.8) is 0 Å². The number of hydrogen-bond donors (Lipinski definition) is 0. The summed E-state index contributed by atoms with van der Waals surface area (Å²) in [6.07, 6.45) is 41.8. The maximum atomic E-state index is 7.08. The molecule has 1 heterocycles. The van der Waals surface area contributed by atoms with E-state index in [1.54, 1.807) is 0 Å². The van der Waals surface area contributed by atoms with Crippen LogP contribution in [0.5, 0.6) is 5.75 Å². The fourth-order valence-corrected chi connectivity index (χ4v) is 13.2. The minimum absolute atomic E-state index is 0.345. The molecule has 0 spiro atoms. The number of fused-ring (bicyclic) bond motifs is 7. The van der Waals surface area contributed by atoms with Gasteiger partial charge in [-0.25, -0.2) is 0 Å². The quantitative estimate of drug-likeness (QED) is 0.325. The zero-order valence-electron chi connectivity index (χ0n) is 28.7. The fraction of sp³-hybridized carbons (Fsp3) is 0.609. The van der Waals surface area contributed by atoms with E-state index in [1.807, 2.05) is 27.9 Å². The average Bonchev–Trinajstić information content (AvgIpc) is 3.53. The minimum atomic E-state index is 0.345. The van der Waals surface area contributed by atoms with Crippen molar-refractivity contribution in [3.8, 4) is 5.75 Å². The Morgan fingerprint density at radius 3 is 2.36 bits per heavy atom. The third-order valence-electron chi connectivity index (χ3n) is 14.9. The molecule has 1 aromatic rings. The Morgan fingerprint density at radius 1 is 0.617 bits per heavy atom. The molecular formula is C46H56O. The SMILES string of the molecule is C1=CC(c2cccc3c2OC2CCCC(C4=C5C=CCCC5C(C5=CC6=C(CCCC6)C6CCCCC56)C5CCCCC45)C32)=CCC1. The Hall–Kier alpha value is -2.54. The topological polar surface area (TPSA) is 9.23 Å². The van der Waals surface area contributed by atoms with Gasteiger partial charge in [0.25, 0.3) is 0 Å². The summed E-state index contributed by atoms with van der Waals surface area (Å²) in [5.74, 6) is 7.26. The summed E-state index contributed by atoms with van der Waals surface area (Å²) in [4.78, 5) is 0. The van der Waals surface area contributed by atoms with Crippen molar-refractivity contribution in [1.82, 2.24) is 0 Å². The fourth-order valence-electron chi connectivity index (χ4n) is 13.2. The lowest BCUT2D eigenvalue weighted by Crippen LogP contribution is -2.46. The second-order valence-corrected chi connectivity index (χ2v) is 17.1. The van der Waals surface area contributed by atoms with Gasteiger partial charge >= 0.3 is 0 Å². The highest BCUT2D eigenvalue weighted by Crippen LogP contribution is 2.63. The van der Waals surface area contributed by atoms with Crippen molar-refractivity contribution in [2.24, 2.45) is 41.4 Å². The van der Waals surface area contributed by atoms with Gasteiger partial charge in [-0.05, 0) is 154 Å². The Bertz CT molecular complexity index is 1610. The first-order chi connectivity index (χ1) is 23.3. The van der Waals surface area contributed by atoms with Gasteiger partial charge < -0.3 is 4.74 Å². The van der Waals surface area contributed by atoms with Gasteiger partial charge in [0, 0.05) is 17.0 Å². The highest BCUT2D eigenvalue weighted by Gasteiger charge is 2.53. The van der Waals surface area contributed by atoms with Crippen LogP contribution in [0.25, 0.3) is 5.57 Å². The van der Waals surface area contributed by atoms with Gasteiger partial charge in [-0.3, -0.25) is 0 Å². The molecule has 1 heteroatoms. The van der Waals surface area contributed by atoms with Gasteiger partial charge in [0.05, 0.1) is 0 Å². The van der Waals surface area contributed by atoms with Crippen molar-refractivity contribution in [2.75, 3.05) is 0 Å². The second kappa shape index (κ2) is 12.1. The molecule has 10 rings (SSSR count). The van der Waals surface area contributed by atoms with E-state index in [9.17, 15) is 0 Å². The van der Waals surface area contributed by atoms with E-state index in [1.165, 1.54) is 138 Å². The number of benzene rings is 1. The van der Waals surface area contributed by atoms with Crippen molar-refractivity contribution < 1.29 is 4.74 Å². The lowest BCUT2D eigenvalue weighted by molar-refractivity contribution is 0.0936. The van der Waals surface area contributed by atoms with Crippen LogP contribution >= 0.6 is 0 Å². The van der Waals surface area contributed by atoms with E-state index in [0.717, 1.165) is 41.9 Å². The molecule has 9 unspecified atom stereocenters. The largest absolute Gasteiger partial charge is 0.489 e. The molecule has 0 aromatic heterocycles. The molecule has 0 amide bonds. The van der Waals surface area contributed by atoms with Crippen LogP contribution in [0.1, 0.15) is 139 Å². The van der Waals surface area contributed by atoms with Gasteiger partial charge in [0.2, 0.25) is 0 Å². The lowest BCUT2D eigenvalue weighted by Gasteiger charge is -2.55. The van der Waals surface area contributed by atoms with Crippen molar-refractivity contribution in [2.45, 2.75) is 134 Å². The summed E-state index contributed by atoms with van der Waals surface area (Å²) in [6, 6.07) is 7.14. The summed E-state index contributed by atoms with van der Waals surface area (Å²) in [5.41, 5.74) is 13.7. The summed E-state index contributed by atoms with van der Waals surface area (Å²) >= 11 is 0. The minimum Gasteiger partial charge on any atom is -0.489 e. The molecule has 8 aliphatic carbocycles. The number of para-hydroxylation sites is 1. The molecule has 9 aliphatic rings.